The Morgan fingerprint density at radius 3 is 2.57 bits per heavy atom. The van der Waals surface area contributed by atoms with Gasteiger partial charge in [-0.2, -0.15) is 0 Å². The maximum atomic E-state index is 5.55. The lowest BCUT2D eigenvalue weighted by atomic mass is 10.1. The van der Waals surface area contributed by atoms with Crippen molar-refractivity contribution in [3.05, 3.63) is 35.7 Å². The molecule has 2 N–H and O–H groups in total. The van der Waals surface area contributed by atoms with E-state index in [4.69, 9.17) is 4.42 Å². The Balaban J connectivity index is 1.86. The molecule has 1 aromatic heterocycles. The first-order valence-corrected chi connectivity index (χ1v) is 7.56. The maximum Gasteiger partial charge on any atom is 0.320 e. The number of nitrogens with zero attached hydrogens (tertiary/aromatic N) is 2. The maximum absolute atomic E-state index is 5.55. The first-order valence-electron chi connectivity index (χ1n) is 7.56. The first kappa shape index (κ1) is 15.5. The van der Waals surface area contributed by atoms with Gasteiger partial charge in [0.1, 0.15) is 0 Å². The van der Waals surface area contributed by atoms with E-state index in [2.05, 4.69) is 53.7 Å². The molecule has 0 unspecified atom stereocenters. The predicted molar refractivity (Wildman–Crippen MR) is 84.6 cm³/mol. The molecule has 114 valence electrons. The average Bonchev–Trinajstić information content (AvgIpc) is 2.88. The molecule has 0 aliphatic heterocycles. The van der Waals surface area contributed by atoms with Crippen LogP contribution in [0.25, 0.3) is 0 Å². The van der Waals surface area contributed by atoms with Crippen molar-refractivity contribution >= 4 is 11.7 Å². The van der Waals surface area contributed by atoms with E-state index in [1.54, 1.807) is 0 Å². The summed E-state index contributed by atoms with van der Waals surface area (Å²) in [6.45, 7) is 8.04. The smallest absolute Gasteiger partial charge is 0.320 e. The molecule has 2 aromatic rings. The molecule has 0 aliphatic rings. The second kappa shape index (κ2) is 7.78. The van der Waals surface area contributed by atoms with Crippen LogP contribution in [-0.2, 0) is 13.0 Å². The molecule has 0 atom stereocenters. The largest absolute Gasteiger partial charge is 0.406 e. The fourth-order valence-electron chi connectivity index (χ4n) is 2.01. The molecule has 0 amide bonds. The summed E-state index contributed by atoms with van der Waals surface area (Å²) in [5, 5.41) is 14.4. The van der Waals surface area contributed by atoms with Crippen LogP contribution in [0.3, 0.4) is 0 Å². The van der Waals surface area contributed by atoms with E-state index in [1.165, 1.54) is 5.56 Å². The van der Waals surface area contributed by atoms with Crippen LogP contribution in [0.15, 0.2) is 28.7 Å². The summed E-state index contributed by atoms with van der Waals surface area (Å²) in [5.74, 6) is 1.20. The Kier molecular flexibility index (Phi) is 5.75. The predicted octanol–water partition coefficient (Wildman–Crippen LogP) is 3.51. The fourth-order valence-corrected chi connectivity index (χ4v) is 2.01. The van der Waals surface area contributed by atoms with Gasteiger partial charge in [-0.05, 0) is 36.6 Å². The van der Waals surface area contributed by atoms with Crippen molar-refractivity contribution in [2.75, 3.05) is 11.9 Å². The highest BCUT2D eigenvalue weighted by atomic mass is 16.4. The van der Waals surface area contributed by atoms with Crippen LogP contribution >= 0.6 is 0 Å². The minimum atomic E-state index is 0.430. The lowest BCUT2D eigenvalue weighted by Gasteiger charge is -2.04. The number of hydrogen-bond donors (Lipinski definition) is 2. The van der Waals surface area contributed by atoms with Crippen molar-refractivity contribution < 1.29 is 4.42 Å². The molecule has 0 saturated carbocycles. The number of nitrogens with one attached hydrogen (secondary N) is 2. The molecular formula is C16H24N4O. The Bertz CT molecular complexity index is 533. The normalized spacial score (nSPS) is 11.0. The zero-order valence-corrected chi connectivity index (χ0v) is 13.0. The van der Waals surface area contributed by atoms with Crippen molar-refractivity contribution in [2.45, 2.75) is 40.2 Å². The van der Waals surface area contributed by atoms with Gasteiger partial charge in [-0.1, -0.05) is 44.4 Å². The van der Waals surface area contributed by atoms with Crippen molar-refractivity contribution in [1.29, 1.82) is 0 Å². The highest BCUT2D eigenvalue weighted by molar-refractivity contribution is 5.52. The van der Waals surface area contributed by atoms with Gasteiger partial charge < -0.3 is 15.1 Å². The molecule has 0 saturated heterocycles. The highest BCUT2D eigenvalue weighted by Crippen LogP contribution is 2.16. The van der Waals surface area contributed by atoms with Crippen LogP contribution in [0, 0.1) is 5.92 Å². The van der Waals surface area contributed by atoms with Crippen molar-refractivity contribution in [1.82, 2.24) is 15.5 Å². The van der Waals surface area contributed by atoms with E-state index in [-0.39, 0.29) is 0 Å². The van der Waals surface area contributed by atoms with E-state index >= 15 is 0 Å². The molecule has 1 heterocycles. The third-order valence-electron chi connectivity index (χ3n) is 3.04. The monoisotopic (exact) mass is 288 g/mol. The van der Waals surface area contributed by atoms with Crippen LogP contribution in [-0.4, -0.2) is 16.7 Å². The van der Waals surface area contributed by atoms with E-state index in [9.17, 15) is 0 Å². The Morgan fingerprint density at radius 1 is 1.14 bits per heavy atom. The van der Waals surface area contributed by atoms with Crippen molar-refractivity contribution in [3.8, 4) is 0 Å². The molecule has 0 spiro atoms. The van der Waals surface area contributed by atoms with Gasteiger partial charge in [0.05, 0.1) is 6.54 Å². The number of aryl methyl sites for hydroxylation is 1. The lowest BCUT2D eigenvalue weighted by molar-refractivity contribution is 0.460. The molecular weight excluding hydrogens is 264 g/mol. The minimum Gasteiger partial charge on any atom is -0.406 e. The summed E-state index contributed by atoms with van der Waals surface area (Å²) in [7, 11) is 0. The van der Waals surface area contributed by atoms with Crippen LogP contribution in [0.4, 0.5) is 11.7 Å². The lowest BCUT2D eigenvalue weighted by Crippen LogP contribution is -2.19. The van der Waals surface area contributed by atoms with Crippen LogP contribution in [0.5, 0.6) is 0 Å². The molecule has 0 bridgehead atoms. The Morgan fingerprint density at radius 2 is 1.90 bits per heavy atom. The van der Waals surface area contributed by atoms with Crippen LogP contribution in [0.1, 0.15) is 38.6 Å². The van der Waals surface area contributed by atoms with Gasteiger partial charge in [-0.25, -0.2) is 0 Å². The zero-order valence-electron chi connectivity index (χ0n) is 13.0. The summed E-state index contributed by atoms with van der Waals surface area (Å²) in [6.07, 6.45) is 2.26. The summed E-state index contributed by atoms with van der Waals surface area (Å²) < 4.78 is 5.55. The topological polar surface area (TPSA) is 63.0 Å². The second-order valence-electron chi connectivity index (χ2n) is 5.60. The summed E-state index contributed by atoms with van der Waals surface area (Å²) in [4.78, 5) is 0. The van der Waals surface area contributed by atoms with Gasteiger partial charge in [0, 0.05) is 5.69 Å². The molecule has 5 nitrogen and oxygen atoms in total. The van der Waals surface area contributed by atoms with Gasteiger partial charge in [0.15, 0.2) is 0 Å². The molecule has 1 aromatic carbocycles. The number of benzene rings is 1. The average molecular weight is 288 g/mol. The van der Waals surface area contributed by atoms with Gasteiger partial charge >= 0.3 is 6.01 Å². The molecule has 0 aliphatic carbocycles. The number of hydrogen-bond acceptors (Lipinski definition) is 5. The van der Waals surface area contributed by atoms with Gasteiger partial charge in [-0.15, -0.1) is 5.10 Å². The van der Waals surface area contributed by atoms with E-state index in [0.29, 0.717) is 24.4 Å². The zero-order chi connectivity index (χ0) is 15.1. The quantitative estimate of drug-likeness (QED) is 0.778. The second-order valence-corrected chi connectivity index (χ2v) is 5.60. The Labute approximate surface area is 126 Å². The van der Waals surface area contributed by atoms with Gasteiger partial charge in [-0.3, -0.25) is 0 Å². The molecule has 5 heteroatoms. The van der Waals surface area contributed by atoms with E-state index in [1.807, 2.05) is 12.1 Å². The molecule has 2 rings (SSSR count). The molecule has 0 fully saturated rings. The van der Waals surface area contributed by atoms with E-state index < -0.39 is 0 Å². The van der Waals surface area contributed by atoms with Crippen LogP contribution < -0.4 is 10.6 Å². The summed E-state index contributed by atoms with van der Waals surface area (Å²) in [6, 6.07) is 8.73. The summed E-state index contributed by atoms with van der Waals surface area (Å²) >= 11 is 0. The molecule has 21 heavy (non-hydrogen) atoms. The van der Waals surface area contributed by atoms with E-state index in [0.717, 1.165) is 25.1 Å². The molecule has 0 radical (unpaired) electrons. The van der Waals surface area contributed by atoms with Gasteiger partial charge in [0.25, 0.3) is 0 Å². The number of aromatic nitrogens is 2. The first-order chi connectivity index (χ1) is 10.2. The summed E-state index contributed by atoms with van der Waals surface area (Å²) in [5.41, 5.74) is 2.30. The third-order valence-corrected chi connectivity index (χ3v) is 3.04. The highest BCUT2D eigenvalue weighted by Gasteiger charge is 2.06. The number of rotatable bonds is 8. The van der Waals surface area contributed by atoms with Gasteiger partial charge in [0.2, 0.25) is 5.89 Å². The number of anilines is 2. The van der Waals surface area contributed by atoms with Crippen molar-refractivity contribution in [3.63, 3.8) is 0 Å². The van der Waals surface area contributed by atoms with Crippen LogP contribution in [0.2, 0.25) is 0 Å². The standard InChI is InChI=1S/C16H24N4O/c1-4-5-13-6-8-14(9-7-13)18-16-20-19-15(21-16)11-17-10-12(2)3/h6-9,12,17H,4-5,10-11H2,1-3H3,(H,18,20). The SMILES string of the molecule is CCCc1ccc(Nc2nnc(CNCC(C)C)o2)cc1. The fraction of sp³-hybridized carbons (Fsp3) is 0.500. The Hall–Kier alpha value is -1.88. The minimum absolute atomic E-state index is 0.430. The third kappa shape index (κ3) is 5.19. The van der Waals surface area contributed by atoms with Crippen molar-refractivity contribution in [2.24, 2.45) is 5.92 Å².